The predicted octanol–water partition coefficient (Wildman–Crippen LogP) is 5.01. The number of nitrogens with zero attached hydrogens (tertiary/aromatic N) is 1. The Hall–Kier alpha value is -3.71. The van der Waals surface area contributed by atoms with Crippen LogP contribution in [-0.2, 0) is 21.3 Å². The van der Waals surface area contributed by atoms with Gasteiger partial charge in [0.15, 0.2) is 5.78 Å². The van der Waals surface area contributed by atoms with Crippen LogP contribution in [0, 0.1) is 0 Å². The lowest BCUT2D eigenvalue weighted by atomic mass is 9.93. The predicted molar refractivity (Wildman–Crippen MR) is 128 cm³/mol. The number of hydrogen-bond acceptors (Lipinski definition) is 6. The molecule has 1 atom stereocenters. The van der Waals surface area contributed by atoms with Crippen molar-refractivity contribution in [2.75, 3.05) is 19.8 Å². The highest BCUT2D eigenvalue weighted by atomic mass is 16.5. The normalized spacial score (nSPS) is 11.6. The van der Waals surface area contributed by atoms with E-state index in [0.29, 0.717) is 16.8 Å². The van der Waals surface area contributed by atoms with E-state index in [-0.39, 0.29) is 42.4 Å². The van der Waals surface area contributed by atoms with Crippen LogP contribution in [0.15, 0.2) is 60.7 Å². The Morgan fingerprint density at radius 2 is 1.35 bits per heavy atom. The van der Waals surface area contributed by atoms with Crippen molar-refractivity contribution < 1.29 is 28.6 Å². The number of hydrogen-bond donors (Lipinski definition) is 0. The molecule has 1 aromatic heterocycles. The third-order valence-electron chi connectivity index (χ3n) is 5.32. The molecular weight excluding hydrogens is 434 g/mol. The molecule has 2 aromatic carbocycles. The lowest BCUT2D eigenvalue weighted by molar-refractivity contribution is 0.0415. The van der Waals surface area contributed by atoms with Crippen LogP contribution in [0.5, 0.6) is 0 Å². The van der Waals surface area contributed by atoms with Gasteiger partial charge in [0.1, 0.15) is 11.8 Å². The highest BCUT2D eigenvalue weighted by molar-refractivity contribution is 6.09. The number of ether oxygens (including phenoxy) is 3. The summed E-state index contributed by atoms with van der Waals surface area (Å²) in [4.78, 5) is 40.0. The van der Waals surface area contributed by atoms with E-state index < -0.39 is 18.0 Å². The van der Waals surface area contributed by atoms with Crippen LogP contribution in [0.2, 0.25) is 0 Å². The van der Waals surface area contributed by atoms with Crippen LogP contribution in [0.25, 0.3) is 11.3 Å². The van der Waals surface area contributed by atoms with E-state index in [0.717, 1.165) is 0 Å². The Morgan fingerprint density at radius 1 is 0.794 bits per heavy atom. The van der Waals surface area contributed by atoms with Gasteiger partial charge in [-0.25, -0.2) is 9.59 Å². The standard InChI is InChI=1S/C27H29NO6/c1-5-32-25(24(29)19-16-12-9-13-17-19)20-21(26(30)33-6-2)23(27(31)34-7-3)28(4)22(20)18-14-10-8-11-15-18/h8-17,25H,5-7H2,1-4H3. The maximum absolute atomic E-state index is 13.7. The molecule has 0 aliphatic rings. The molecule has 1 unspecified atom stereocenters. The summed E-state index contributed by atoms with van der Waals surface area (Å²) >= 11 is 0. The van der Waals surface area contributed by atoms with Gasteiger partial charge in [-0.05, 0) is 26.3 Å². The van der Waals surface area contributed by atoms with Crippen molar-refractivity contribution in [1.29, 1.82) is 0 Å². The second-order valence-electron chi connectivity index (χ2n) is 7.42. The molecule has 34 heavy (non-hydrogen) atoms. The first-order chi connectivity index (χ1) is 16.5. The number of Topliss-reactive ketones (excluding diaryl/α,β-unsaturated/α-hetero) is 1. The monoisotopic (exact) mass is 463 g/mol. The van der Waals surface area contributed by atoms with E-state index in [1.807, 2.05) is 36.4 Å². The third kappa shape index (κ3) is 4.94. The van der Waals surface area contributed by atoms with Gasteiger partial charge in [-0.1, -0.05) is 60.7 Å². The van der Waals surface area contributed by atoms with Crippen LogP contribution in [-0.4, -0.2) is 42.1 Å². The average Bonchev–Trinajstić information content (AvgIpc) is 3.16. The topological polar surface area (TPSA) is 83.8 Å². The lowest BCUT2D eigenvalue weighted by Gasteiger charge is -2.19. The molecule has 178 valence electrons. The molecule has 0 radical (unpaired) electrons. The molecule has 0 saturated carbocycles. The van der Waals surface area contributed by atoms with E-state index in [1.54, 1.807) is 56.7 Å². The van der Waals surface area contributed by atoms with E-state index in [2.05, 4.69) is 0 Å². The number of benzene rings is 2. The smallest absolute Gasteiger partial charge is 0.355 e. The summed E-state index contributed by atoms with van der Waals surface area (Å²) in [5.74, 6) is -1.73. The SMILES string of the molecule is CCOC(=O)c1c(C(OCC)C(=O)c2ccccc2)c(-c2ccccc2)n(C)c1C(=O)OCC. The van der Waals surface area contributed by atoms with Crippen molar-refractivity contribution >= 4 is 17.7 Å². The van der Waals surface area contributed by atoms with Gasteiger partial charge >= 0.3 is 11.9 Å². The number of ketones is 1. The molecule has 0 spiro atoms. The largest absolute Gasteiger partial charge is 0.462 e. The van der Waals surface area contributed by atoms with Gasteiger partial charge in [-0.2, -0.15) is 0 Å². The summed E-state index contributed by atoms with van der Waals surface area (Å²) in [6.07, 6.45) is -1.14. The highest BCUT2D eigenvalue weighted by Crippen LogP contribution is 2.39. The van der Waals surface area contributed by atoms with Gasteiger partial charge in [0.25, 0.3) is 0 Å². The molecule has 3 aromatic rings. The van der Waals surface area contributed by atoms with Crippen LogP contribution in [0.3, 0.4) is 0 Å². The van der Waals surface area contributed by atoms with Crippen molar-refractivity contribution in [2.45, 2.75) is 26.9 Å². The number of rotatable bonds is 10. The first-order valence-electron chi connectivity index (χ1n) is 11.3. The fraction of sp³-hybridized carbons (Fsp3) is 0.296. The quantitative estimate of drug-likeness (QED) is 0.311. The number of esters is 2. The summed E-state index contributed by atoms with van der Waals surface area (Å²) in [6.45, 7) is 5.57. The van der Waals surface area contributed by atoms with Gasteiger partial charge in [-0.3, -0.25) is 4.79 Å². The minimum Gasteiger partial charge on any atom is -0.462 e. The second kappa shape index (κ2) is 11.4. The first-order valence-corrected chi connectivity index (χ1v) is 11.3. The number of aromatic nitrogens is 1. The molecule has 7 nitrogen and oxygen atoms in total. The number of carbonyl (C=O) groups excluding carboxylic acids is 3. The van der Waals surface area contributed by atoms with E-state index in [9.17, 15) is 14.4 Å². The van der Waals surface area contributed by atoms with Crippen LogP contribution < -0.4 is 0 Å². The molecular formula is C27H29NO6. The zero-order valence-electron chi connectivity index (χ0n) is 19.9. The zero-order chi connectivity index (χ0) is 24.7. The van der Waals surface area contributed by atoms with Gasteiger partial charge in [0.05, 0.1) is 24.5 Å². The molecule has 0 N–H and O–H groups in total. The molecule has 0 aliphatic heterocycles. The summed E-state index contributed by atoms with van der Waals surface area (Å²) in [5.41, 5.74) is 1.92. The Kier molecular flexibility index (Phi) is 8.38. The maximum Gasteiger partial charge on any atom is 0.355 e. The van der Waals surface area contributed by atoms with E-state index in [1.165, 1.54) is 0 Å². The molecule has 0 aliphatic carbocycles. The molecule has 0 bridgehead atoms. The Balaban J connectivity index is 2.39. The van der Waals surface area contributed by atoms with E-state index >= 15 is 0 Å². The lowest BCUT2D eigenvalue weighted by Crippen LogP contribution is -2.21. The number of carbonyl (C=O) groups is 3. The molecule has 0 amide bonds. The second-order valence-corrected chi connectivity index (χ2v) is 7.42. The van der Waals surface area contributed by atoms with Crippen molar-refractivity contribution in [3.8, 4) is 11.3 Å². The summed E-state index contributed by atoms with van der Waals surface area (Å²) in [7, 11) is 1.66. The van der Waals surface area contributed by atoms with Crippen molar-refractivity contribution in [1.82, 2.24) is 4.57 Å². The fourth-order valence-corrected chi connectivity index (χ4v) is 3.97. The Bertz CT molecular complexity index is 1150. The van der Waals surface area contributed by atoms with Gasteiger partial charge < -0.3 is 18.8 Å². The van der Waals surface area contributed by atoms with Gasteiger partial charge in [-0.15, -0.1) is 0 Å². The third-order valence-corrected chi connectivity index (χ3v) is 5.32. The molecule has 1 heterocycles. The van der Waals surface area contributed by atoms with E-state index in [4.69, 9.17) is 14.2 Å². The van der Waals surface area contributed by atoms with Crippen molar-refractivity contribution in [3.63, 3.8) is 0 Å². The van der Waals surface area contributed by atoms with Crippen LogP contribution >= 0.6 is 0 Å². The van der Waals surface area contributed by atoms with Crippen molar-refractivity contribution in [3.05, 3.63) is 83.0 Å². The molecule has 0 fully saturated rings. The summed E-state index contributed by atoms with van der Waals surface area (Å²) < 4.78 is 18.1. The minimum atomic E-state index is -1.14. The van der Waals surface area contributed by atoms with Gasteiger partial charge in [0.2, 0.25) is 0 Å². The highest BCUT2D eigenvalue weighted by Gasteiger charge is 2.38. The van der Waals surface area contributed by atoms with Gasteiger partial charge in [0, 0.05) is 24.8 Å². The average molecular weight is 464 g/mol. The molecule has 7 heteroatoms. The Labute approximate surface area is 199 Å². The Morgan fingerprint density at radius 3 is 1.91 bits per heavy atom. The summed E-state index contributed by atoms with van der Waals surface area (Å²) in [5, 5.41) is 0. The molecule has 3 rings (SSSR count). The van der Waals surface area contributed by atoms with Crippen LogP contribution in [0.4, 0.5) is 0 Å². The molecule has 0 saturated heterocycles. The minimum absolute atomic E-state index is 0.0136. The summed E-state index contributed by atoms with van der Waals surface area (Å²) in [6, 6.07) is 17.9. The maximum atomic E-state index is 13.7. The zero-order valence-corrected chi connectivity index (χ0v) is 19.9. The fourth-order valence-electron chi connectivity index (χ4n) is 3.97. The first kappa shape index (κ1) is 24.9. The van der Waals surface area contributed by atoms with Crippen LogP contribution in [0.1, 0.15) is 63.6 Å². The van der Waals surface area contributed by atoms with Crippen molar-refractivity contribution in [2.24, 2.45) is 7.05 Å².